The monoisotopic (exact) mass is 286 g/mol. The summed E-state index contributed by atoms with van der Waals surface area (Å²) in [6, 6.07) is 0.231. The van der Waals surface area contributed by atoms with E-state index in [1.165, 1.54) is 6.92 Å². The first kappa shape index (κ1) is 18.9. The number of amides is 2. The Morgan fingerprint density at radius 1 is 1.15 bits per heavy atom. The Labute approximate surface area is 122 Å². The molecule has 0 unspecified atom stereocenters. The summed E-state index contributed by atoms with van der Waals surface area (Å²) in [5.41, 5.74) is 0. The third-order valence-corrected chi connectivity index (χ3v) is 3.49. The van der Waals surface area contributed by atoms with E-state index in [0.717, 1.165) is 32.1 Å². The topological polar surface area (TPSA) is 69.6 Å². The van der Waals surface area contributed by atoms with Gasteiger partial charge in [0, 0.05) is 32.5 Å². The average Bonchev–Trinajstić information content (AvgIpc) is 2.42. The fourth-order valence-corrected chi connectivity index (χ4v) is 2.33. The molecule has 5 heteroatoms. The maximum Gasteiger partial charge on any atom is 0.222 e. The minimum absolute atomic E-state index is 0.0102. The lowest BCUT2D eigenvalue weighted by molar-refractivity contribution is -0.134. The molecule has 2 amide bonds. The molecule has 118 valence electrons. The molecule has 0 aliphatic carbocycles. The number of hydrogen-bond donors (Lipinski definition) is 2. The van der Waals surface area contributed by atoms with Gasteiger partial charge in [-0.25, -0.2) is 0 Å². The molecule has 0 bridgehead atoms. The predicted molar refractivity (Wildman–Crippen MR) is 80.3 cm³/mol. The summed E-state index contributed by atoms with van der Waals surface area (Å²) in [7, 11) is 0. The molecule has 0 aromatic carbocycles. The van der Waals surface area contributed by atoms with Gasteiger partial charge in [0.25, 0.3) is 0 Å². The summed E-state index contributed by atoms with van der Waals surface area (Å²) in [5, 5.41) is 11.8. The number of hydrogen-bond acceptors (Lipinski definition) is 3. The van der Waals surface area contributed by atoms with E-state index >= 15 is 0 Å². The van der Waals surface area contributed by atoms with Crippen molar-refractivity contribution >= 4 is 11.8 Å². The van der Waals surface area contributed by atoms with Crippen LogP contribution in [0.1, 0.15) is 59.3 Å². The highest BCUT2D eigenvalue weighted by Crippen LogP contribution is 2.12. The SMILES string of the molecule is CCC(CC)N(CCO)C(=O)CCCCCNC(C)=O. The second kappa shape index (κ2) is 11.7. The number of carbonyl (C=O) groups excluding carboxylic acids is 2. The molecule has 0 aromatic heterocycles. The Morgan fingerprint density at radius 2 is 1.80 bits per heavy atom. The Morgan fingerprint density at radius 3 is 2.30 bits per heavy atom. The van der Waals surface area contributed by atoms with Crippen LogP contribution in [0, 0.1) is 0 Å². The summed E-state index contributed by atoms with van der Waals surface area (Å²) < 4.78 is 0. The van der Waals surface area contributed by atoms with Crippen LogP contribution in [-0.2, 0) is 9.59 Å². The zero-order valence-electron chi connectivity index (χ0n) is 13.2. The van der Waals surface area contributed by atoms with Gasteiger partial charge in [-0.3, -0.25) is 9.59 Å². The van der Waals surface area contributed by atoms with E-state index in [2.05, 4.69) is 19.2 Å². The maximum atomic E-state index is 12.2. The summed E-state index contributed by atoms with van der Waals surface area (Å²) in [6.07, 6.45) is 5.03. The number of carbonyl (C=O) groups is 2. The van der Waals surface area contributed by atoms with E-state index in [-0.39, 0.29) is 24.5 Å². The summed E-state index contributed by atoms with van der Waals surface area (Å²) >= 11 is 0. The predicted octanol–water partition coefficient (Wildman–Crippen LogP) is 1.69. The maximum absolute atomic E-state index is 12.2. The lowest BCUT2D eigenvalue weighted by Gasteiger charge is -2.30. The zero-order chi connectivity index (χ0) is 15.4. The first-order valence-corrected chi connectivity index (χ1v) is 7.71. The van der Waals surface area contributed by atoms with Gasteiger partial charge in [0.05, 0.1) is 6.61 Å². The lowest BCUT2D eigenvalue weighted by atomic mass is 10.1. The third kappa shape index (κ3) is 8.15. The van der Waals surface area contributed by atoms with Crippen LogP contribution in [0.4, 0.5) is 0 Å². The number of nitrogens with one attached hydrogen (secondary N) is 1. The van der Waals surface area contributed by atoms with Crippen LogP contribution in [0.2, 0.25) is 0 Å². The Bertz CT molecular complexity index is 278. The molecule has 0 saturated heterocycles. The molecule has 5 nitrogen and oxygen atoms in total. The molecule has 0 saturated carbocycles. The Hall–Kier alpha value is -1.10. The summed E-state index contributed by atoms with van der Waals surface area (Å²) in [4.78, 5) is 24.7. The van der Waals surface area contributed by atoms with Crippen LogP contribution in [0.25, 0.3) is 0 Å². The van der Waals surface area contributed by atoms with Crippen molar-refractivity contribution in [3.8, 4) is 0 Å². The molecule has 0 aromatic rings. The zero-order valence-corrected chi connectivity index (χ0v) is 13.2. The molecule has 0 radical (unpaired) electrons. The van der Waals surface area contributed by atoms with Crippen LogP contribution in [0.3, 0.4) is 0 Å². The molecule has 0 aliphatic heterocycles. The van der Waals surface area contributed by atoms with E-state index in [9.17, 15) is 9.59 Å². The van der Waals surface area contributed by atoms with Crippen LogP contribution < -0.4 is 5.32 Å². The van der Waals surface area contributed by atoms with Crippen LogP contribution in [0.5, 0.6) is 0 Å². The molecule has 0 spiro atoms. The van der Waals surface area contributed by atoms with Crippen LogP contribution in [-0.4, -0.2) is 47.6 Å². The van der Waals surface area contributed by atoms with E-state index < -0.39 is 0 Å². The first-order chi connectivity index (χ1) is 9.56. The highest BCUT2D eigenvalue weighted by molar-refractivity contribution is 5.76. The molecular formula is C15H30N2O3. The van der Waals surface area contributed by atoms with Gasteiger partial charge in [0.1, 0.15) is 0 Å². The second-order valence-corrected chi connectivity index (χ2v) is 5.07. The van der Waals surface area contributed by atoms with E-state index in [0.29, 0.717) is 19.5 Å². The third-order valence-electron chi connectivity index (χ3n) is 3.49. The van der Waals surface area contributed by atoms with E-state index in [1.54, 1.807) is 0 Å². The number of rotatable bonds is 11. The van der Waals surface area contributed by atoms with Crippen molar-refractivity contribution in [1.82, 2.24) is 10.2 Å². The summed E-state index contributed by atoms with van der Waals surface area (Å²) in [6.45, 7) is 6.77. The van der Waals surface area contributed by atoms with Crippen LogP contribution in [0.15, 0.2) is 0 Å². The van der Waals surface area contributed by atoms with E-state index in [1.807, 2.05) is 4.90 Å². The Kier molecular flexibility index (Phi) is 11.1. The molecule has 20 heavy (non-hydrogen) atoms. The van der Waals surface area contributed by atoms with Crippen LogP contribution >= 0.6 is 0 Å². The van der Waals surface area contributed by atoms with Crippen molar-refractivity contribution in [2.24, 2.45) is 0 Å². The van der Waals surface area contributed by atoms with Gasteiger partial charge in [0.2, 0.25) is 11.8 Å². The van der Waals surface area contributed by atoms with Crippen molar-refractivity contribution < 1.29 is 14.7 Å². The number of nitrogens with zero attached hydrogens (tertiary/aromatic N) is 1. The number of unbranched alkanes of at least 4 members (excludes halogenated alkanes) is 2. The minimum Gasteiger partial charge on any atom is -0.395 e. The van der Waals surface area contributed by atoms with Gasteiger partial charge in [-0.2, -0.15) is 0 Å². The average molecular weight is 286 g/mol. The molecule has 0 fully saturated rings. The van der Waals surface area contributed by atoms with Gasteiger partial charge in [-0.1, -0.05) is 20.3 Å². The van der Waals surface area contributed by atoms with Gasteiger partial charge in [0.15, 0.2) is 0 Å². The minimum atomic E-state index is -0.0102. The lowest BCUT2D eigenvalue weighted by Crippen LogP contribution is -2.41. The van der Waals surface area contributed by atoms with Crippen molar-refractivity contribution in [3.05, 3.63) is 0 Å². The van der Waals surface area contributed by atoms with E-state index in [4.69, 9.17) is 5.11 Å². The first-order valence-electron chi connectivity index (χ1n) is 7.71. The quantitative estimate of drug-likeness (QED) is 0.568. The summed E-state index contributed by atoms with van der Waals surface area (Å²) in [5.74, 6) is 0.121. The number of aliphatic hydroxyl groups is 1. The van der Waals surface area contributed by atoms with Crippen molar-refractivity contribution in [2.45, 2.75) is 65.3 Å². The molecular weight excluding hydrogens is 256 g/mol. The number of aliphatic hydroxyl groups excluding tert-OH is 1. The van der Waals surface area contributed by atoms with Crippen molar-refractivity contribution in [1.29, 1.82) is 0 Å². The standard InChI is InChI=1S/C15H30N2O3/c1-4-14(5-2)17(11-12-18)15(20)9-7-6-8-10-16-13(3)19/h14,18H,4-12H2,1-3H3,(H,16,19). The fourth-order valence-electron chi connectivity index (χ4n) is 2.33. The molecule has 0 heterocycles. The second-order valence-electron chi connectivity index (χ2n) is 5.07. The highest BCUT2D eigenvalue weighted by Gasteiger charge is 2.19. The molecule has 0 atom stereocenters. The van der Waals surface area contributed by atoms with Gasteiger partial charge in [-0.15, -0.1) is 0 Å². The normalized spacial score (nSPS) is 10.7. The smallest absolute Gasteiger partial charge is 0.222 e. The van der Waals surface area contributed by atoms with Gasteiger partial charge < -0.3 is 15.3 Å². The largest absolute Gasteiger partial charge is 0.395 e. The molecule has 2 N–H and O–H groups in total. The fraction of sp³-hybridized carbons (Fsp3) is 0.867. The molecule has 0 aliphatic rings. The Balaban J connectivity index is 3.98. The van der Waals surface area contributed by atoms with Gasteiger partial charge >= 0.3 is 0 Å². The van der Waals surface area contributed by atoms with Gasteiger partial charge in [-0.05, 0) is 25.7 Å². The van der Waals surface area contributed by atoms with Crippen molar-refractivity contribution in [3.63, 3.8) is 0 Å². The highest BCUT2D eigenvalue weighted by atomic mass is 16.3. The molecule has 0 rings (SSSR count). The van der Waals surface area contributed by atoms with Crippen molar-refractivity contribution in [2.75, 3.05) is 19.7 Å².